The number of aromatic amines is 1. The van der Waals surface area contributed by atoms with Gasteiger partial charge in [0.1, 0.15) is 0 Å². The molecule has 0 bridgehead atoms. The lowest BCUT2D eigenvalue weighted by Gasteiger charge is -2.03. The summed E-state index contributed by atoms with van der Waals surface area (Å²) < 4.78 is 5.73. The maximum atomic E-state index is 11.9. The van der Waals surface area contributed by atoms with Gasteiger partial charge in [0.15, 0.2) is 0 Å². The number of anilines is 1. The summed E-state index contributed by atoms with van der Waals surface area (Å²) in [7, 11) is 0. The predicted molar refractivity (Wildman–Crippen MR) is 102 cm³/mol. The minimum atomic E-state index is -0.0416. The molecule has 0 radical (unpaired) electrons. The molecule has 0 aliphatic heterocycles. The molecule has 0 saturated carbocycles. The van der Waals surface area contributed by atoms with Crippen molar-refractivity contribution in [3.63, 3.8) is 0 Å². The van der Waals surface area contributed by atoms with Crippen molar-refractivity contribution in [3.05, 3.63) is 60.8 Å². The molecule has 4 aromatic rings. The molecule has 2 heterocycles. The second-order valence-electron chi connectivity index (χ2n) is 5.63. The number of carbonyl (C=O) groups excluding carboxylic acids is 1. The molecule has 6 nitrogen and oxygen atoms in total. The van der Waals surface area contributed by atoms with Gasteiger partial charge in [0.05, 0.1) is 5.56 Å². The number of H-pyrrole nitrogens is 1. The molecule has 2 aromatic heterocycles. The van der Waals surface area contributed by atoms with Crippen molar-refractivity contribution in [2.45, 2.75) is 11.6 Å². The number of aromatic nitrogens is 3. The Hall–Kier alpha value is -3.06. The second-order valence-corrected chi connectivity index (χ2v) is 6.68. The normalized spacial score (nSPS) is 10.9. The van der Waals surface area contributed by atoms with Crippen molar-refractivity contribution in [3.8, 4) is 11.5 Å². The fourth-order valence-electron chi connectivity index (χ4n) is 2.60. The van der Waals surface area contributed by atoms with Crippen molar-refractivity contribution in [1.29, 1.82) is 0 Å². The van der Waals surface area contributed by atoms with Crippen LogP contribution in [0, 0.1) is 0 Å². The van der Waals surface area contributed by atoms with Gasteiger partial charge in [-0.1, -0.05) is 48.2 Å². The van der Waals surface area contributed by atoms with Crippen molar-refractivity contribution in [1.82, 2.24) is 15.2 Å². The Morgan fingerprint density at radius 1 is 1.08 bits per heavy atom. The van der Waals surface area contributed by atoms with E-state index in [9.17, 15) is 4.79 Å². The molecule has 130 valence electrons. The largest absolute Gasteiger partial charge is 0.411 e. The Kier molecular flexibility index (Phi) is 4.70. The first-order chi connectivity index (χ1) is 12.8. The van der Waals surface area contributed by atoms with Gasteiger partial charge >= 0.3 is 0 Å². The number of carbonyl (C=O) groups is 1. The second kappa shape index (κ2) is 7.45. The monoisotopic (exact) mass is 364 g/mol. The molecule has 7 heteroatoms. The summed E-state index contributed by atoms with van der Waals surface area (Å²) in [5, 5.41) is 12.5. The number of nitrogens with one attached hydrogen (secondary N) is 2. The van der Waals surface area contributed by atoms with E-state index in [2.05, 4.69) is 20.5 Å². The Morgan fingerprint density at radius 2 is 1.88 bits per heavy atom. The van der Waals surface area contributed by atoms with E-state index in [1.54, 1.807) is 0 Å². The van der Waals surface area contributed by atoms with Crippen LogP contribution in [0.1, 0.15) is 6.42 Å². The maximum absolute atomic E-state index is 11.9. The number of fused-ring (bicyclic) bond motifs is 1. The minimum absolute atomic E-state index is 0.0416. The van der Waals surface area contributed by atoms with E-state index in [4.69, 9.17) is 4.42 Å². The molecule has 2 N–H and O–H groups in total. The molecule has 2 aromatic carbocycles. The lowest BCUT2D eigenvalue weighted by Crippen LogP contribution is -2.11. The van der Waals surface area contributed by atoms with Gasteiger partial charge in [-0.2, -0.15) is 0 Å². The molecule has 1 amide bonds. The maximum Gasteiger partial charge on any atom is 0.276 e. The SMILES string of the molecule is O=C(CCSc1nnc(-c2c[nH]c3ccccc23)o1)Nc1ccccc1. The standard InChI is InChI=1S/C19H16N4O2S/c24-17(21-13-6-2-1-3-7-13)10-11-26-19-23-22-18(25-19)15-12-20-16-9-5-4-8-14(15)16/h1-9,12,20H,10-11H2,(H,21,24). The van der Waals surface area contributed by atoms with E-state index in [1.807, 2.05) is 60.8 Å². The summed E-state index contributed by atoms with van der Waals surface area (Å²) in [6, 6.07) is 17.3. The number of hydrogen-bond donors (Lipinski definition) is 2. The van der Waals surface area contributed by atoms with E-state index in [1.165, 1.54) is 11.8 Å². The van der Waals surface area contributed by atoms with E-state index >= 15 is 0 Å². The Labute approximate surface area is 154 Å². The van der Waals surface area contributed by atoms with Crippen molar-refractivity contribution < 1.29 is 9.21 Å². The molecule has 0 fully saturated rings. The lowest BCUT2D eigenvalue weighted by atomic mass is 10.2. The average molecular weight is 364 g/mol. The molecule has 0 aliphatic rings. The fourth-order valence-corrected chi connectivity index (χ4v) is 3.30. The van der Waals surface area contributed by atoms with Crippen molar-refractivity contribution in [2.24, 2.45) is 0 Å². The van der Waals surface area contributed by atoms with E-state index in [-0.39, 0.29) is 5.91 Å². The first kappa shape index (κ1) is 16.4. The first-order valence-corrected chi connectivity index (χ1v) is 9.16. The van der Waals surface area contributed by atoms with Crippen LogP contribution in [0.15, 0.2) is 70.4 Å². The summed E-state index contributed by atoms with van der Waals surface area (Å²) in [6.45, 7) is 0. The number of nitrogens with zero attached hydrogens (tertiary/aromatic N) is 2. The van der Waals surface area contributed by atoms with E-state index < -0.39 is 0 Å². The topological polar surface area (TPSA) is 83.8 Å². The smallest absolute Gasteiger partial charge is 0.276 e. The third-order valence-corrected chi connectivity index (χ3v) is 4.66. The van der Waals surface area contributed by atoms with Gasteiger partial charge in [-0.15, -0.1) is 10.2 Å². The number of hydrogen-bond acceptors (Lipinski definition) is 5. The van der Waals surface area contributed by atoms with E-state index in [0.29, 0.717) is 23.3 Å². The molecular formula is C19H16N4O2S. The Bertz CT molecular complexity index is 1030. The molecule has 0 unspecified atom stereocenters. The zero-order valence-electron chi connectivity index (χ0n) is 13.8. The van der Waals surface area contributed by atoms with Crippen LogP contribution in [0.3, 0.4) is 0 Å². The minimum Gasteiger partial charge on any atom is -0.411 e. The van der Waals surface area contributed by atoms with Crippen LogP contribution in [0.5, 0.6) is 0 Å². The summed E-state index contributed by atoms with van der Waals surface area (Å²) in [6.07, 6.45) is 2.23. The van der Waals surface area contributed by atoms with Crippen LogP contribution in [-0.2, 0) is 4.79 Å². The number of thioether (sulfide) groups is 1. The highest BCUT2D eigenvalue weighted by Crippen LogP contribution is 2.29. The van der Waals surface area contributed by atoms with Gasteiger partial charge in [0.2, 0.25) is 5.91 Å². The molecule has 0 spiro atoms. The molecule has 0 saturated heterocycles. The number of benzene rings is 2. The van der Waals surface area contributed by atoms with Gasteiger partial charge in [0, 0.05) is 35.0 Å². The third kappa shape index (κ3) is 3.62. The van der Waals surface area contributed by atoms with Gasteiger partial charge < -0.3 is 14.7 Å². The summed E-state index contributed by atoms with van der Waals surface area (Å²) in [4.78, 5) is 15.1. The zero-order chi connectivity index (χ0) is 17.8. The summed E-state index contributed by atoms with van der Waals surface area (Å²) in [5.74, 6) is 0.993. The predicted octanol–water partition coefficient (Wildman–Crippen LogP) is 4.34. The van der Waals surface area contributed by atoms with Crippen LogP contribution in [-0.4, -0.2) is 26.8 Å². The third-order valence-electron chi connectivity index (χ3n) is 3.84. The number of amides is 1. The van der Waals surface area contributed by atoms with Crippen molar-refractivity contribution in [2.75, 3.05) is 11.1 Å². The van der Waals surface area contributed by atoms with Crippen LogP contribution in [0.4, 0.5) is 5.69 Å². The van der Waals surface area contributed by atoms with Crippen molar-refractivity contribution >= 4 is 34.3 Å². The highest BCUT2D eigenvalue weighted by atomic mass is 32.2. The zero-order valence-corrected chi connectivity index (χ0v) is 14.6. The highest BCUT2D eigenvalue weighted by molar-refractivity contribution is 7.99. The first-order valence-electron chi connectivity index (χ1n) is 8.17. The Morgan fingerprint density at radius 3 is 2.77 bits per heavy atom. The number of rotatable bonds is 6. The summed E-state index contributed by atoms with van der Waals surface area (Å²) in [5.41, 5.74) is 2.69. The molecule has 26 heavy (non-hydrogen) atoms. The quantitative estimate of drug-likeness (QED) is 0.497. The van der Waals surface area contributed by atoms with Gasteiger partial charge in [-0.3, -0.25) is 4.79 Å². The van der Waals surface area contributed by atoms with Gasteiger partial charge in [0.25, 0.3) is 11.1 Å². The molecule has 4 rings (SSSR count). The van der Waals surface area contributed by atoms with Crippen LogP contribution in [0.25, 0.3) is 22.4 Å². The fraction of sp³-hybridized carbons (Fsp3) is 0.105. The lowest BCUT2D eigenvalue weighted by molar-refractivity contribution is -0.115. The van der Waals surface area contributed by atoms with E-state index in [0.717, 1.165) is 22.2 Å². The summed E-state index contributed by atoms with van der Waals surface area (Å²) >= 11 is 1.37. The molecule has 0 atom stereocenters. The number of para-hydroxylation sites is 2. The molecular weight excluding hydrogens is 348 g/mol. The highest BCUT2D eigenvalue weighted by Gasteiger charge is 2.13. The van der Waals surface area contributed by atoms with Crippen LogP contribution in [0.2, 0.25) is 0 Å². The van der Waals surface area contributed by atoms with Gasteiger partial charge in [-0.05, 0) is 18.2 Å². The Balaban J connectivity index is 1.35. The average Bonchev–Trinajstić information content (AvgIpc) is 3.29. The van der Waals surface area contributed by atoms with Crippen LogP contribution < -0.4 is 5.32 Å². The van der Waals surface area contributed by atoms with Gasteiger partial charge in [-0.25, -0.2) is 0 Å². The molecule has 0 aliphatic carbocycles. The van der Waals surface area contributed by atoms with Crippen LogP contribution >= 0.6 is 11.8 Å².